The van der Waals surface area contributed by atoms with E-state index in [0.29, 0.717) is 12.8 Å². The van der Waals surface area contributed by atoms with Gasteiger partial charge in [0.25, 0.3) is 0 Å². The second kappa shape index (κ2) is 5.40. The van der Waals surface area contributed by atoms with Crippen molar-refractivity contribution < 1.29 is 4.74 Å². The van der Waals surface area contributed by atoms with Crippen LogP contribution >= 0.6 is 0 Å². The van der Waals surface area contributed by atoms with Crippen molar-refractivity contribution in [1.29, 1.82) is 0 Å². The van der Waals surface area contributed by atoms with E-state index in [-0.39, 0.29) is 5.60 Å². The molecule has 13 heavy (non-hydrogen) atoms. The molecule has 0 aromatic rings. The van der Waals surface area contributed by atoms with Gasteiger partial charge in [-0.15, -0.1) is 6.58 Å². The first-order chi connectivity index (χ1) is 5.87. The van der Waals surface area contributed by atoms with E-state index in [1.54, 1.807) is 0 Å². The normalized spacial score (nSPS) is 14.6. The van der Waals surface area contributed by atoms with Crippen molar-refractivity contribution in [3.63, 3.8) is 0 Å². The summed E-state index contributed by atoms with van der Waals surface area (Å²) < 4.78 is 5.65. The van der Waals surface area contributed by atoms with Gasteiger partial charge >= 0.3 is 0 Å². The highest BCUT2D eigenvalue weighted by Crippen LogP contribution is 2.09. The Morgan fingerprint density at radius 3 is 2.38 bits per heavy atom. The van der Waals surface area contributed by atoms with Gasteiger partial charge in [-0.25, -0.2) is 0 Å². The molecule has 0 saturated heterocycles. The predicted octanol–water partition coefficient (Wildman–Crippen LogP) is 2.66. The Morgan fingerprint density at radius 1 is 1.46 bits per heavy atom. The van der Waals surface area contributed by atoms with E-state index in [0.717, 1.165) is 6.42 Å². The summed E-state index contributed by atoms with van der Waals surface area (Å²) >= 11 is 0. The number of rotatable bonds is 5. The van der Waals surface area contributed by atoms with Crippen LogP contribution in [0.1, 0.15) is 34.1 Å². The summed E-state index contributed by atoms with van der Waals surface area (Å²) in [5.41, 5.74) is -0.0534. The molecule has 0 bridgehead atoms. The molecule has 0 fully saturated rings. The maximum Gasteiger partial charge on any atom is 0.0997 e. The average molecular weight is 185 g/mol. The minimum absolute atomic E-state index is 0.0534. The summed E-state index contributed by atoms with van der Waals surface area (Å²) in [5, 5.41) is 0. The van der Waals surface area contributed by atoms with Gasteiger partial charge in [-0.1, -0.05) is 6.08 Å². The molecule has 0 aliphatic heterocycles. The number of hydrogen-bond donors (Lipinski definition) is 0. The second-order valence-corrected chi connectivity index (χ2v) is 4.52. The molecule has 0 saturated carbocycles. The lowest BCUT2D eigenvalue weighted by Gasteiger charge is -2.28. The summed E-state index contributed by atoms with van der Waals surface area (Å²) in [6, 6.07) is 0.500. The largest absolute Gasteiger partial charge is 0.360 e. The molecule has 0 aromatic carbocycles. The second-order valence-electron chi connectivity index (χ2n) is 4.52. The van der Waals surface area contributed by atoms with Gasteiger partial charge in [0, 0.05) is 6.04 Å². The fraction of sp³-hybridized carbons (Fsp3) is 0.818. The van der Waals surface area contributed by atoms with E-state index in [4.69, 9.17) is 4.74 Å². The SMILES string of the molecule is C=CC[C@H](C)N(C)COC(C)(C)C. The van der Waals surface area contributed by atoms with Crippen LogP contribution in [0, 0.1) is 0 Å². The van der Waals surface area contributed by atoms with Crippen LogP contribution < -0.4 is 0 Å². The number of hydrogen-bond acceptors (Lipinski definition) is 2. The molecule has 0 aromatic heterocycles. The standard InChI is InChI=1S/C11H23NO/c1-7-8-10(2)12(6)9-13-11(3,4)5/h7,10H,1,8-9H2,2-6H3/t10-/m0/s1. The van der Waals surface area contributed by atoms with Crippen molar-refractivity contribution in [2.45, 2.75) is 45.8 Å². The Morgan fingerprint density at radius 2 is 2.00 bits per heavy atom. The smallest absolute Gasteiger partial charge is 0.0997 e. The summed E-state index contributed by atoms with van der Waals surface area (Å²) in [7, 11) is 2.07. The highest BCUT2D eigenvalue weighted by Gasteiger charge is 2.13. The van der Waals surface area contributed by atoms with Gasteiger partial charge in [0.15, 0.2) is 0 Å². The third-order valence-corrected chi connectivity index (χ3v) is 1.96. The molecule has 2 heteroatoms. The van der Waals surface area contributed by atoms with Crippen LogP contribution in [-0.4, -0.2) is 30.3 Å². The number of ether oxygens (including phenoxy) is 1. The molecule has 0 amide bonds. The molecule has 78 valence electrons. The van der Waals surface area contributed by atoms with Crippen molar-refractivity contribution in [3.8, 4) is 0 Å². The first-order valence-electron chi connectivity index (χ1n) is 4.82. The van der Waals surface area contributed by atoms with Crippen LogP contribution in [0.3, 0.4) is 0 Å². The molecule has 0 N–H and O–H groups in total. The minimum Gasteiger partial charge on any atom is -0.360 e. The molecule has 0 rings (SSSR count). The zero-order valence-corrected chi connectivity index (χ0v) is 9.63. The average Bonchev–Trinajstić information content (AvgIpc) is 1.99. The van der Waals surface area contributed by atoms with Crippen molar-refractivity contribution in [2.75, 3.05) is 13.8 Å². The summed E-state index contributed by atoms with van der Waals surface area (Å²) in [6.45, 7) is 12.8. The van der Waals surface area contributed by atoms with Gasteiger partial charge in [-0.2, -0.15) is 0 Å². The minimum atomic E-state index is -0.0534. The van der Waals surface area contributed by atoms with Crippen LogP contribution in [0.4, 0.5) is 0 Å². The predicted molar refractivity (Wildman–Crippen MR) is 57.7 cm³/mol. The van der Waals surface area contributed by atoms with E-state index >= 15 is 0 Å². The molecule has 0 aliphatic rings. The zero-order valence-electron chi connectivity index (χ0n) is 9.63. The maximum atomic E-state index is 5.65. The quantitative estimate of drug-likeness (QED) is 0.482. The van der Waals surface area contributed by atoms with Gasteiger partial charge in [0.2, 0.25) is 0 Å². The molecular weight excluding hydrogens is 162 g/mol. The van der Waals surface area contributed by atoms with Gasteiger partial charge in [0.05, 0.1) is 12.3 Å². The van der Waals surface area contributed by atoms with Crippen molar-refractivity contribution >= 4 is 0 Å². The van der Waals surface area contributed by atoms with Crippen molar-refractivity contribution in [3.05, 3.63) is 12.7 Å². The molecule has 2 nitrogen and oxygen atoms in total. The summed E-state index contributed by atoms with van der Waals surface area (Å²) in [4.78, 5) is 2.19. The molecule has 0 radical (unpaired) electrons. The van der Waals surface area contributed by atoms with Gasteiger partial charge < -0.3 is 4.74 Å². The lowest BCUT2D eigenvalue weighted by molar-refractivity contribution is -0.0650. The highest BCUT2D eigenvalue weighted by atomic mass is 16.5. The highest BCUT2D eigenvalue weighted by molar-refractivity contribution is 4.74. The van der Waals surface area contributed by atoms with Gasteiger partial charge in [-0.3, -0.25) is 4.90 Å². The summed E-state index contributed by atoms with van der Waals surface area (Å²) in [6.07, 6.45) is 2.95. The maximum absolute atomic E-state index is 5.65. The molecule has 0 aliphatic carbocycles. The fourth-order valence-electron chi connectivity index (χ4n) is 0.844. The first-order valence-corrected chi connectivity index (χ1v) is 4.82. The Balaban J connectivity index is 3.73. The van der Waals surface area contributed by atoms with E-state index in [9.17, 15) is 0 Å². The number of nitrogens with zero attached hydrogens (tertiary/aromatic N) is 1. The van der Waals surface area contributed by atoms with Gasteiger partial charge in [-0.05, 0) is 41.2 Å². The van der Waals surface area contributed by atoms with E-state index < -0.39 is 0 Å². The monoisotopic (exact) mass is 185 g/mol. The fourth-order valence-corrected chi connectivity index (χ4v) is 0.844. The van der Waals surface area contributed by atoms with E-state index in [2.05, 4.69) is 46.2 Å². The topological polar surface area (TPSA) is 12.5 Å². The zero-order chi connectivity index (χ0) is 10.5. The third-order valence-electron chi connectivity index (χ3n) is 1.96. The molecule has 1 atom stereocenters. The molecule has 0 heterocycles. The van der Waals surface area contributed by atoms with Crippen molar-refractivity contribution in [2.24, 2.45) is 0 Å². The Labute approximate surface area is 82.6 Å². The molecule has 0 unspecified atom stereocenters. The third kappa shape index (κ3) is 6.79. The Hall–Kier alpha value is -0.340. The van der Waals surface area contributed by atoms with Crippen LogP contribution in [0.5, 0.6) is 0 Å². The van der Waals surface area contributed by atoms with Crippen LogP contribution in [0.25, 0.3) is 0 Å². The molecular formula is C11H23NO. The lowest BCUT2D eigenvalue weighted by atomic mass is 10.2. The van der Waals surface area contributed by atoms with Gasteiger partial charge in [0.1, 0.15) is 0 Å². The molecule has 0 spiro atoms. The lowest BCUT2D eigenvalue weighted by Crippen LogP contribution is -2.34. The Bertz CT molecular complexity index is 149. The Kier molecular flexibility index (Phi) is 5.26. The van der Waals surface area contributed by atoms with E-state index in [1.807, 2.05) is 6.08 Å². The van der Waals surface area contributed by atoms with E-state index in [1.165, 1.54) is 0 Å². The van der Waals surface area contributed by atoms with Crippen molar-refractivity contribution in [1.82, 2.24) is 4.90 Å². The summed E-state index contributed by atoms with van der Waals surface area (Å²) in [5.74, 6) is 0. The van der Waals surface area contributed by atoms with Crippen LogP contribution in [-0.2, 0) is 4.74 Å². The van der Waals surface area contributed by atoms with Crippen LogP contribution in [0.2, 0.25) is 0 Å². The first kappa shape index (κ1) is 12.7. The van der Waals surface area contributed by atoms with Crippen LogP contribution in [0.15, 0.2) is 12.7 Å².